The second-order valence-corrected chi connectivity index (χ2v) is 3.91. The van der Waals surface area contributed by atoms with E-state index >= 15 is 0 Å². The van der Waals surface area contributed by atoms with Crippen molar-refractivity contribution >= 4 is 11.1 Å². The zero-order valence-corrected chi connectivity index (χ0v) is 8.44. The van der Waals surface area contributed by atoms with Gasteiger partial charge in [0, 0.05) is 6.42 Å². The molecule has 0 heterocycles. The SMILES string of the molecule is O=S(O)c1ccccc1CCC(F)(F)F. The quantitative estimate of drug-likeness (QED) is 0.822. The highest BCUT2D eigenvalue weighted by molar-refractivity contribution is 7.79. The predicted molar refractivity (Wildman–Crippen MR) is 49.9 cm³/mol. The van der Waals surface area contributed by atoms with Crippen molar-refractivity contribution in [3.8, 4) is 0 Å². The van der Waals surface area contributed by atoms with E-state index < -0.39 is 23.7 Å². The lowest BCUT2D eigenvalue weighted by Gasteiger charge is -2.08. The Morgan fingerprint density at radius 1 is 1.27 bits per heavy atom. The van der Waals surface area contributed by atoms with Crippen LogP contribution in [0.5, 0.6) is 0 Å². The van der Waals surface area contributed by atoms with Crippen molar-refractivity contribution in [2.24, 2.45) is 0 Å². The zero-order valence-electron chi connectivity index (χ0n) is 7.62. The Bertz CT molecular complexity index is 363. The molecule has 0 aliphatic carbocycles. The summed E-state index contributed by atoms with van der Waals surface area (Å²) in [5.74, 6) is 0. The molecule has 1 aromatic carbocycles. The Morgan fingerprint density at radius 3 is 2.40 bits per heavy atom. The molecule has 0 aliphatic rings. The van der Waals surface area contributed by atoms with E-state index in [1.807, 2.05) is 0 Å². The molecule has 0 aromatic heterocycles. The average Bonchev–Trinajstić information content (AvgIpc) is 2.14. The van der Waals surface area contributed by atoms with Crippen molar-refractivity contribution in [3.63, 3.8) is 0 Å². The van der Waals surface area contributed by atoms with Crippen LogP contribution in [-0.2, 0) is 17.5 Å². The Labute approximate surface area is 87.4 Å². The summed E-state index contributed by atoms with van der Waals surface area (Å²) >= 11 is -2.24. The minimum absolute atomic E-state index is 0.0433. The van der Waals surface area contributed by atoms with E-state index in [1.165, 1.54) is 18.2 Å². The zero-order chi connectivity index (χ0) is 11.5. The first-order valence-electron chi connectivity index (χ1n) is 4.15. The van der Waals surface area contributed by atoms with Gasteiger partial charge in [-0.3, -0.25) is 0 Å². The fourth-order valence-electron chi connectivity index (χ4n) is 1.16. The molecule has 0 aliphatic heterocycles. The van der Waals surface area contributed by atoms with Gasteiger partial charge >= 0.3 is 6.18 Å². The maximum absolute atomic E-state index is 11.9. The normalized spacial score (nSPS) is 13.9. The summed E-state index contributed by atoms with van der Waals surface area (Å²) < 4.78 is 55.4. The maximum Gasteiger partial charge on any atom is 0.389 e. The molecule has 1 atom stereocenters. The number of hydrogen-bond acceptors (Lipinski definition) is 1. The van der Waals surface area contributed by atoms with Gasteiger partial charge in [-0.25, -0.2) is 4.21 Å². The first kappa shape index (κ1) is 12.2. The Balaban J connectivity index is 2.81. The lowest BCUT2D eigenvalue weighted by Crippen LogP contribution is -2.09. The monoisotopic (exact) mass is 238 g/mol. The molecule has 0 saturated heterocycles. The summed E-state index contributed by atoms with van der Waals surface area (Å²) in [5.41, 5.74) is 0.260. The first-order chi connectivity index (χ1) is 6.90. The van der Waals surface area contributed by atoms with Gasteiger partial charge in [-0.05, 0) is 18.1 Å². The van der Waals surface area contributed by atoms with E-state index in [0.29, 0.717) is 0 Å². The van der Waals surface area contributed by atoms with Crippen LogP contribution in [0.25, 0.3) is 0 Å². The summed E-state index contributed by atoms with van der Waals surface area (Å²) in [6.45, 7) is 0. The van der Waals surface area contributed by atoms with Gasteiger partial charge in [-0.15, -0.1) is 0 Å². The summed E-state index contributed by atoms with van der Waals surface area (Å²) in [4.78, 5) is 0.0433. The molecule has 0 fully saturated rings. The second kappa shape index (κ2) is 4.76. The van der Waals surface area contributed by atoms with Gasteiger partial charge in [-0.2, -0.15) is 13.2 Å². The molecular formula is C9H9F3O2S. The molecule has 0 saturated carbocycles. The molecule has 0 radical (unpaired) electrons. The van der Waals surface area contributed by atoms with Gasteiger partial charge in [0.1, 0.15) is 0 Å². The molecule has 84 valence electrons. The van der Waals surface area contributed by atoms with Crippen LogP contribution in [0.2, 0.25) is 0 Å². The fourth-order valence-corrected chi connectivity index (χ4v) is 1.75. The van der Waals surface area contributed by atoms with Crippen molar-refractivity contribution in [1.29, 1.82) is 0 Å². The lowest BCUT2D eigenvalue weighted by atomic mass is 10.1. The van der Waals surface area contributed by atoms with E-state index in [2.05, 4.69) is 0 Å². The minimum Gasteiger partial charge on any atom is -0.302 e. The maximum atomic E-state index is 11.9. The minimum atomic E-state index is -4.25. The van der Waals surface area contributed by atoms with Gasteiger partial charge in [-0.1, -0.05) is 18.2 Å². The van der Waals surface area contributed by atoms with E-state index in [9.17, 15) is 17.4 Å². The van der Waals surface area contributed by atoms with Gasteiger partial charge in [0.2, 0.25) is 0 Å². The molecule has 2 nitrogen and oxygen atoms in total. The summed E-state index contributed by atoms with van der Waals surface area (Å²) in [6.07, 6.45) is -5.50. The standard InChI is InChI=1S/C9H9F3O2S/c10-9(11,12)6-5-7-3-1-2-4-8(7)15(13)14/h1-4H,5-6H2,(H,13,14). The average molecular weight is 238 g/mol. The van der Waals surface area contributed by atoms with E-state index in [-0.39, 0.29) is 16.9 Å². The molecule has 6 heteroatoms. The third-order valence-corrected chi connectivity index (χ3v) is 2.61. The van der Waals surface area contributed by atoms with Crippen molar-refractivity contribution in [2.45, 2.75) is 23.9 Å². The third kappa shape index (κ3) is 4.01. The molecule has 15 heavy (non-hydrogen) atoms. The van der Waals surface area contributed by atoms with Gasteiger partial charge in [0.25, 0.3) is 0 Å². The van der Waals surface area contributed by atoms with Crippen LogP contribution in [0, 0.1) is 0 Å². The highest BCUT2D eigenvalue weighted by Gasteiger charge is 2.27. The summed E-state index contributed by atoms with van der Waals surface area (Å²) in [7, 11) is 0. The van der Waals surface area contributed by atoms with Crippen molar-refractivity contribution in [2.75, 3.05) is 0 Å². The van der Waals surface area contributed by atoms with Gasteiger partial charge in [0.05, 0.1) is 4.90 Å². The number of aryl methyl sites for hydroxylation is 1. The van der Waals surface area contributed by atoms with E-state index in [4.69, 9.17) is 4.55 Å². The Kier molecular flexibility index (Phi) is 3.87. The van der Waals surface area contributed by atoms with Crippen molar-refractivity contribution < 1.29 is 21.9 Å². The molecular weight excluding hydrogens is 229 g/mol. The number of rotatable bonds is 3. The second-order valence-electron chi connectivity index (χ2n) is 2.97. The number of hydrogen-bond donors (Lipinski definition) is 1. The molecule has 1 rings (SSSR count). The third-order valence-electron chi connectivity index (χ3n) is 1.84. The van der Waals surface area contributed by atoms with Crippen molar-refractivity contribution in [1.82, 2.24) is 0 Å². The molecule has 1 aromatic rings. The van der Waals surface area contributed by atoms with Crippen LogP contribution in [-0.4, -0.2) is 14.9 Å². The summed E-state index contributed by atoms with van der Waals surface area (Å²) in [6, 6.07) is 5.83. The van der Waals surface area contributed by atoms with Crippen LogP contribution in [0.15, 0.2) is 29.2 Å². The van der Waals surface area contributed by atoms with Crippen LogP contribution in [0.4, 0.5) is 13.2 Å². The Morgan fingerprint density at radius 2 is 1.87 bits per heavy atom. The molecule has 0 spiro atoms. The molecule has 0 bridgehead atoms. The number of benzene rings is 1. The van der Waals surface area contributed by atoms with Crippen molar-refractivity contribution in [3.05, 3.63) is 29.8 Å². The number of halogens is 3. The summed E-state index contributed by atoms with van der Waals surface area (Å²) in [5, 5.41) is 0. The van der Waals surface area contributed by atoms with Crippen LogP contribution in [0.1, 0.15) is 12.0 Å². The van der Waals surface area contributed by atoms with Gasteiger partial charge in [0.15, 0.2) is 11.1 Å². The predicted octanol–water partition coefficient (Wildman–Crippen LogP) is 2.76. The molecule has 0 amide bonds. The van der Waals surface area contributed by atoms with Crippen LogP contribution >= 0.6 is 0 Å². The molecule has 1 unspecified atom stereocenters. The van der Waals surface area contributed by atoms with Crippen LogP contribution < -0.4 is 0 Å². The smallest absolute Gasteiger partial charge is 0.302 e. The Hall–Kier alpha value is -0.880. The fraction of sp³-hybridized carbons (Fsp3) is 0.333. The highest BCUT2D eigenvalue weighted by Crippen LogP contribution is 2.24. The first-order valence-corrected chi connectivity index (χ1v) is 5.26. The topological polar surface area (TPSA) is 37.3 Å². The number of alkyl halides is 3. The van der Waals surface area contributed by atoms with E-state index in [0.717, 1.165) is 0 Å². The largest absolute Gasteiger partial charge is 0.389 e. The molecule has 1 N–H and O–H groups in total. The van der Waals surface area contributed by atoms with Crippen LogP contribution in [0.3, 0.4) is 0 Å². The van der Waals surface area contributed by atoms with E-state index in [1.54, 1.807) is 6.07 Å². The lowest BCUT2D eigenvalue weighted by molar-refractivity contribution is -0.134. The highest BCUT2D eigenvalue weighted by atomic mass is 32.2. The van der Waals surface area contributed by atoms with Gasteiger partial charge < -0.3 is 4.55 Å².